The first-order valence-electron chi connectivity index (χ1n) is 9.05. The molecule has 2 heterocycles. The second-order valence-electron chi connectivity index (χ2n) is 6.54. The van der Waals surface area contributed by atoms with Gasteiger partial charge in [0.2, 0.25) is 0 Å². The molecule has 0 radical (unpaired) electrons. The van der Waals surface area contributed by atoms with Crippen LogP contribution in [0.15, 0.2) is 53.5 Å². The van der Waals surface area contributed by atoms with Crippen molar-refractivity contribution in [1.29, 1.82) is 0 Å². The summed E-state index contributed by atoms with van der Waals surface area (Å²) < 4.78 is 1.16. The molecule has 2 aromatic carbocycles. The van der Waals surface area contributed by atoms with Crippen molar-refractivity contribution in [2.24, 2.45) is 4.99 Å². The summed E-state index contributed by atoms with van der Waals surface area (Å²) in [7, 11) is 0. The predicted molar refractivity (Wildman–Crippen MR) is 116 cm³/mol. The number of benzene rings is 2. The van der Waals surface area contributed by atoms with Crippen molar-refractivity contribution in [1.82, 2.24) is 4.98 Å². The van der Waals surface area contributed by atoms with E-state index in [9.17, 15) is 4.79 Å². The molecule has 4 rings (SSSR count). The number of thioether (sulfide) groups is 1. The molecule has 0 fully saturated rings. The van der Waals surface area contributed by atoms with E-state index in [0.29, 0.717) is 0 Å². The number of fused-ring (bicyclic) bond motifs is 1. The minimum atomic E-state index is -0.214. The molecule has 0 bridgehead atoms. The predicted octanol–water partition coefficient (Wildman–Crippen LogP) is 4.77. The Bertz CT molecular complexity index is 997. The molecule has 27 heavy (non-hydrogen) atoms. The van der Waals surface area contributed by atoms with Gasteiger partial charge in [-0.15, -0.1) is 23.1 Å². The Hall–Kier alpha value is -2.18. The van der Waals surface area contributed by atoms with Gasteiger partial charge in [-0.3, -0.25) is 9.79 Å². The van der Waals surface area contributed by atoms with Gasteiger partial charge < -0.3 is 4.90 Å². The molecule has 0 N–H and O–H groups in total. The van der Waals surface area contributed by atoms with Crippen molar-refractivity contribution in [3.8, 4) is 0 Å². The summed E-state index contributed by atoms with van der Waals surface area (Å²) in [6.07, 6.45) is 0. The van der Waals surface area contributed by atoms with Crippen molar-refractivity contribution in [3.05, 3.63) is 59.1 Å². The summed E-state index contributed by atoms with van der Waals surface area (Å²) in [5, 5.41) is 1.82. The van der Waals surface area contributed by atoms with Gasteiger partial charge in [-0.25, -0.2) is 4.98 Å². The number of thiazole rings is 1. The van der Waals surface area contributed by atoms with E-state index in [1.807, 2.05) is 6.07 Å². The van der Waals surface area contributed by atoms with E-state index in [1.165, 1.54) is 11.3 Å². The van der Waals surface area contributed by atoms with E-state index >= 15 is 0 Å². The van der Waals surface area contributed by atoms with Crippen LogP contribution in [0.25, 0.3) is 10.2 Å². The quantitative estimate of drug-likeness (QED) is 0.603. The van der Waals surface area contributed by atoms with Crippen LogP contribution in [0.2, 0.25) is 0 Å². The fourth-order valence-corrected chi connectivity index (χ4v) is 5.28. The Morgan fingerprint density at radius 1 is 1.22 bits per heavy atom. The number of rotatable bonds is 6. The molecule has 138 valence electrons. The molecule has 4 nitrogen and oxygen atoms in total. The van der Waals surface area contributed by atoms with E-state index in [0.717, 1.165) is 39.1 Å². The van der Waals surface area contributed by atoms with Crippen LogP contribution in [0.4, 0.5) is 5.69 Å². The lowest BCUT2D eigenvalue weighted by Gasteiger charge is -2.23. The van der Waals surface area contributed by atoms with Crippen molar-refractivity contribution in [2.45, 2.75) is 26.4 Å². The van der Waals surface area contributed by atoms with Gasteiger partial charge >= 0.3 is 0 Å². The lowest BCUT2D eigenvalue weighted by atomic mass is 10.2. The third-order valence-corrected chi connectivity index (χ3v) is 6.85. The van der Waals surface area contributed by atoms with E-state index in [1.54, 1.807) is 30.0 Å². The number of ketones is 1. The average molecular weight is 396 g/mol. The van der Waals surface area contributed by atoms with E-state index in [4.69, 9.17) is 4.98 Å². The first kappa shape index (κ1) is 18.2. The second kappa shape index (κ2) is 7.82. The summed E-state index contributed by atoms with van der Waals surface area (Å²) in [6, 6.07) is 16.7. The summed E-state index contributed by atoms with van der Waals surface area (Å²) >= 11 is 3.29. The average Bonchev–Trinajstić information content (AvgIpc) is 3.33. The zero-order chi connectivity index (χ0) is 18.8. The van der Waals surface area contributed by atoms with Gasteiger partial charge in [-0.2, -0.15) is 0 Å². The number of hydrogen-bond acceptors (Lipinski definition) is 6. The highest BCUT2D eigenvalue weighted by Gasteiger charge is 2.24. The third kappa shape index (κ3) is 3.92. The molecule has 3 aromatic rings. The van der Waals surface area contributed by atoms with Crippen molar-refractivity contribution < 1.29 is 4.79 Å². The molecule has 0 amide bonds. The number of aromatic nitrogens is 1. The van der Waals surface area contributed by atoms with Gasteiger partial charge in [0, 0.05) is 24.5 Å². The molecule has 0 saturated heterocycles. The van der Waals surface area contributed by atoms with Crippen LogP contribution in [0.5, 0.6) is 0 Å². The minimum Gasteiger partial charge on any atom is -0.367 e. The first-order chi connectivity index (χ1) is 13.1. The third-order valence-electron chi connectivity index (χ3n) is 4.64. The van der Waals surface area contributed by atoms with E-state index < -0.39 is 0 Å². The number of carbonyl (C=O) groups is 1. The second-order valence-corrected chi connectivity index (χ2v) is 8.58. The summed E-state index contributed by atoms with van der Waals surface area (Å²) in [5.41, 5.74) is 3.49. The molecular formula is C21H21N3OS2. The Labute approximate surface area is 167 Å². The van der Waals surface area contributed by atoms with E-state index in [2.05, 4.69) is 59.3 Å². The molecule has 6 heteroatoms. The first-order valence-corrected chi connectivity index (χ1v) is 10.8. The highest BCUT2D eigenvalue weighted by Crippen LogP contribution is 2.32. The molecule has 1 aliphatic heterocycles. The highest BCUT2D eigenvalue weighted by molar-refractivity contribution is 8.15. The number of hydrogen-bond donors (Lipinski definition) is 0. The smallest absolute Gasteiger partial charge is 0.155 e. The lowest BCUT2D eigenvalue weighted by Crippen LogP contribution is -2.21. The summed E-state index contributed by atoms with van der Waals surface area (Å²) in [6.45, 7) is 5.61. The summed E-state index contributed by atoms with van der Waals surface area (Å²) in [4.78, 5) is 23.2. The zero-order valence-corrected chi connectivity index (χ0v) is 17.0. The SMILES string of the molecule is CCN(Cc1ccccc1)c1ccc2nc(C3=NC(C(C)=O)CS3)sc2c1. The van der Waals surface area contributed by atoms with Gasteiger partial charge in [-0.1, -0.05) is 30.3 Å². The van der Waals surface area contributed by atoms with Crippen LogP contribution < -0.4 is 4.90 Å². The minimum absolute atomic E-state index is 0.125. The molecule has 1 aromatic heterocycles. The lowest BCUT2D eigenvalue weighted by molar-refractivity contribution is -0.117. The van der Waals surface area contributed by atoms with Crippen molar-refractivity contribution in [2.75, 3.05) is 17.2 Å². The zero-order valence-electron chi connectivity index (χ0n) is 15.4. The Kier molecular flexibility index (Phi) is 5.27. The number of Topliss-reactive ketones (excluding diaryl/α,β-unsaturated/α-hetero) is 1. The topological polar surface area (TPSA) is 45.6 Å². The molecule has 0 spiro atoms. The maximum atomic E-state index is 11.6. The molecular weight excluding hydrogens is 374 g/mol. The maximum absolute atomic E-state index is 11.6. The van der Waals surface area contributed by atoms with Gasteiger partial charge in [0.25, 0.3) is 0 Å². The van der Waals surface area contributed by atoms with Crippen LogP contribution in [0.3, 0.4) is 0 Å². The molecule has 1 aliphatic rings. The highest BCUT2D eigenvalue weighted by atomic mass is 32.2. The Balaban J connectivity index is 1.60. The Morgan fingerprint density at radius 2 is 2.04 bits per heavy atom. The maximum Gasteiger partial charge on any atom is 0.155 e. The normalized spacial score (nSPS) is 16.5. The number of carbonyl (C=O) groups excluding carboxylic acids is 1. The molecule has 0 saturated carbocycles. The fraction of sp³-hybridized carbons (Fsp3) is 0.286. The van der Waals surface area contributed by atoms with Crippen LogP contribution in [-0.2, 0) is 11.3 Å². The van der Waals surface area contributed by atoms with Gasteiger partial charge in [0.1, 0.15) is 16.1 Å². The van der Waals surface area contributed by atoms with Gasteiger partial charge in [0.15, 0.2) is 5.78 Å². The van der Waals surface area contributed by atoms with Gasteiger partial charge in [-0.05, 0) is 37.6 Å². The fourth-order valence-electron chi connectivity index (χ4n) is 3.09. The number of aliphatic imine (C=N–C) groups is 1. The molecule has 1 atom stereocenters. The number of anilines is 1. The largest absolute Gasteiger partial charge is 0.367 e. The van der Waals surface area contributed by atoms with Crippen LogP contribution >= 0.6 is 23.1 Å². The Morgan fingerprint density at radius 3 is 2.74 bits per heavy atom. The summed E-state index contributed by atoms with van der Waals surface area (Å²) in [5.74, 6) is 0.854. The van der Waals surface area contributed by atoms with Crippen LogP contribution in [0.1, 0.15) is 24.4 Å². The van der Waals surface area contributed by atoms with E-state index in [-0.39, 0.29) is 11.8 Å². The monoisotopic (exact) mass is 395 g/mol. The molecule has 1 unspecified atom stereocenters. The standard InChI is InChI=1S/C21H21N3OS2/c1-3-24(12-15-7-5-4-6-8-15)16-9-10-17-19(11-16)27-21(22-17)20-23-18(13-26-20)14(2)25/h4-11,18H,3,12-13H2,1-2H3. The van der Waals surface area contributed by atoms with Crippen LogP contribution in [-0.4, -0.2) is 34.2 Å². The van der Waals surface area contributed by atoms with Crippen LogP contribution in [0, 0.1) is 0 Å². The van der Waals surface area contributed by atoms with Crippen molar-refractivity contribution >= 4 is 49.8 Å². The van der Waals surface area contributed by atoms with Crippen molar-refractivity contribution in [3.63, 3.8) is 0 Å². The number of nitrogens with zero attached hydrogens (tertiary/aromatic N) is 3. The molecule has 0 aliphatic carbocycles. The van der Waals surface area contributed by atoms with Gasteiger partial charge in [0.05, 0.1) is 10.2 Å².